The highest BCUT2D eigenvalue weighted by Crippen LogP contribution is 2.37. The molecule has 184 valence electrons. The third kappa shape index (κ3) is 6.75. The minimum absolute atomic E-state index is 0.227. The lowest BCUT2D eigenvalue weighted by atomic mass is 10.2. The smallest absolute Gasteiger partial charge is 0.341 e. The minimum Gasteiger partial charge on any atom is -0.490 e. The minimum atomic E-state index is -1.09. The molecule has 0 saturated carbocycles. The number of esters is 1. The van der Waals surface area contributed by atoms with Crippen molar-refractivity contribution in [2.75, 3.05) is 26.9 Å². The number of amides is 1. The van der Waals surface area contributed by atoms with Crippen molar-refractivity contribution in [3.63, 3.8) is 0 Å². The molecule has 0 unspecified atom stereocenters. The number of carbonyl (C=O) groups excluding carboxylic acids is 2. The molecule has 11 heteroatoms. The van der Waals surface area contributed by atoms with Gasteiger partial charge in [-0.2, -0.15) is 0 Å². The number of rotatable bonds is 9. The van der Waals surface area contributed by atoms with Gasteiger partial charge in [0.05, 0.1) is 32.9 Å². The average Bonchev–Trinajstić information content (AvgIpc) is 3.06. The Kier molecular flexibility index (Phi) is 9.15. The number of likely N-dealkylation sites (N-methyl/N-ethyl adjacent to an activating group) is 1. The lowest BCUT2D eigenvalue weighted by Gasteiger charge is -2.13. The third-order valence-electron chi connectivity index (χ3n) is 4.56. The first-order valence-corrected chi connectivity index (χ1v) is 12.5. The predicted octanol–water partition coefficient (Wildman–Crippen LogP) is 4.56. The molecule has 9 nitrogen and oxygen atoms in total. The highest BCUT2D eigenvalue weighted by atomic mass is 127. The van der Waals surface area contributed by atoms with Crippen molar-refractivity contribution in [3.05, 3.63) is 56.0 Å². The van der Waals surface area contributed by atoms with Crippen molar-refractivity contribution in [3.8, 4) is 11.5 Å². The van der Waals surface area contributed by atoms with Gasteiger partial charge in [-0.1, -0.05) is 6.07 Å². The number of carbonyl (C=O) groups is 3. The van der Waals surface area contributed by atoms with Crippen molar-refractivity contribution in [2.24, 2.45) is 4.99 Å². The van der Waals surface area contributed by atoms with Crippen LogP contribution in [0.25, 0.3) is 6.08 Å². The summed E-state index contributed by atoms with van der Waals surface area (Å²) in [6, 6.07) is 10.2. The van der Waals surface area contributed by atoms with Crippen LogP contribution in [-0.4, -0.2) is 59.9 Å². The zero-order valence-corrected chi connectivity index (χ0v) is 22.2. The molecule has 1 N–H and O–H groups in total. The Bertz CT molecular complexity index is 1210. The molecule has 0 atom stereocenters. The quantitative estimate of drug-likeness (QED) is 0.250. The van der Waals surface area contributed by atoms with Crippen molar-refractivity contribution in [1.29, 1.82) is 0 Å². The Morgan fingerprint density at radius 1 is 1.17 bits per heavy atom. The number of hydrogen-bond donors (Lipinski definition) is 1. The van der Waals surface area contributed by atoms with E-state index in [-0.39, 0.29) is 12.5 Å². The van der Waals surface area contributed by atoms with Crippen LogP contribution in [-0.2, 0) is 14.3 Å². The molecule has 35 heavy (non-hydrogen) atoms. The Labute approximate surface area is 220 Å². The van der Waals surface area contributed by atoms with Gasteiger partial charge in [0.15, 0.2) is 23.3 Å². The number of thioether (sulfide) groups is 1. The molecule has 2 aromatic rings. The van der Waals surface area contributed by atoms with E-state index >= 15 is 0 Å². The van der Waals surface area contributed by atoms with E-state index in [1.54, 1.807) is 56.4 Å². The first-order valence-electron chi connectivity index (χ1n) is 10.6. The molecule has 1 amide bonds. The molecule has 3 rings (SSSR count). The van der Waals surface area contributed by atoms with Crippen LogP contribution in [0.15, 0.2) is 46.3 Å². The van der Waals surface area contributed by atoms with Crippen LogP contribution < -0.4 is 9.47 Å². The first kappa shape index (κ1) is 26.5. The number of halogens is 1. The molecule has 1 fully saturated rings. The molecule has 2 aromatic carbocycles. The molecule has 0 spiro atoms. The lowest BCUT2D eigenvalue weighted by molar-refractivity contribution is -0.139. The number of amidine groups is 1. The normalized spacial score (nSPS) is 15.5. The van der Waals surface area contributed by atoms with Crippen molar-refractivity contribution >= 4 is 69.1 Å². The van der Waals surface area contributed by atoms with Gasteiger partial charge in [-0.25, -0.2) is 14.6 Å². The van der Waals surface area contributed by atoms with E-state index < -0.39 is 18.5 Å². The van der Waals surface area contributed by atoms with E-state index in [1.165, 1.54) is 16.7 Å². The molecule has 0 radical (unpaired) electrons. The van der Waals surface area contributed by atoms with Gasteiger partial charge in [0.25, 0.3) is 5.91 Å². The fraction of sp³-hybridized carbons (Fsp3) is 0.250. The second kappa shape index (κ2) is 12.1. The summed E-state index contributed by atoms with van der Waals surface area (Å²) in [6.07, 6.45) is 1.71. The molecule has 1 heterocycles. The van der Waals surface area contributed by atoms with Gasteiger partial charge in [-0.15, -0.1) is 0 Å². The van der Waals surface area contributed by atoms with Crippen LogP contribution in [0.3, 0.4) is 0 Å². The number of ether oxygens (including phenoxy) is 3. The number of hydrogen-bond acceptors (Lipinski definition) is 8. The number of aliphatic imine (C=N–C) groups is 1. The van der Waals surface area contributed by atoms with Gasteiger partial charge in [-0.05, 0) is 90.2 Å². The summed E-state index contributed by atoms with van der Waals surface area (Å²) < 4.78 is 16.7. The van der Waals surface area contributed by atoms with Crippen LogP contribution in [0, 0.1) is 3.57 Å². The monoisotopic (exact) mass is 610 g/mol. The van der Waals surface area contributed by atoms with E-state index in [9.17, 15) is 14.4 Å². The maximum atomic E-state index is 12.9. The summed E-state index contributed by atoms with van der Waals surface area (Å²) in [5, 5.41) is 9.39. The molecule has 0 bridgehead atoms. The largest absolute Gasteiger partial charge is 0.490 e. The Balaban J connectivity index is 1.89. The zero-order chi connectivity index (χ0) is 25.5. The Hall–Kier alpha value is -3.06. The second-order valence-electron chi connectivity index (χ2n) is 7.09. The lowest BCUT2D eigenvalue weighted by Crippen LogP contribution is -2.23. The fourth-order valence-corrected chi connectivity index (χ4v) is 4.81. The van der Waals surface area contributed by atoms with Gasteiger partial charge in [0.2, 0.25) is 0 Å². The topological polar surface area (TPSA) is 115 Å². The number of nitrogens with zero attached hydrogens (tertiary/aromatic N) is 2. The van der Waals surface area contributed by atoms with Crippen LogP contribution >= 0.6 is 34.4 Å². The van der Waals surface area contributed by atoms with Crippen LogP contribution in [0.5, 0.6) is 11.5 Å². The standard InChI is InChI=1S/C24H23IN2O7S/c1-4-32-18-10-14(9-17(25)21(18)34-13-20(28)29)11-19-22(30)27(3)24(35-19)26-16-8-6-7-15(12-16)23(31)33-5-2/h6-12H,4-5,13H2,1-3H3,(H,28,29). The fourth-order valence-electron chi connectivity index (χ4n) is 3.04. The summed E-state index contributed by atoms with van der Waals surface area (Å²) in [5.41, 5.74) is 1.59. The molecule has 1 aliphatic rings. The molecule has 0 aromatic heterocycles. The van der Waals surface area contributed by atoms with Gasteiger partial charge in [-0.3, -0.25) is 9.69 Å². The Morgan fingerprint density at radius 3 is 2.63 bits per heavy atom. The van der Waals surface area contributed by atoms with E-state index in [0.29, 0.717) is 48.6 Å². The molecular formula is C24H23IN2O7S. The van der Waals surface area contributed by atoms with Crippen LogP contribution in [0.4, 0.5) is 5.69 Å². The van der Waals surface area contributed by atoms with E-state index in [1.807, 2.05) is 29.5 Å². The maximum Gasteiger partial charge on any atom is 0.341 e. The summed E-state index contributed by atoms with van der Waals surface area (Å²) in [6.45, 7) is 3.68. The third-order valence-corrected chi connectivity index (χ3v) is 6.42. The number of benzene rings is 2. The first-order chi connectivity index (χ1) is 16.7. The van der Waals surface area contributed by atoms with Gasteiger partial charge < -0.3 is 19.3 Å². The Morgan fingerprint density at radius 2 is 1.94 bits per heavy atom. The highest BCUT2D eigenvalue weighted by molar-refractivity contribution is 14.1. The summed E-state index contributed by atoms with van der Waals surface area (Å²) in [5.74, 6) is -1.03. The van der Waals surface area contributed by atoms with E-state index in [4.69, 9.17) is 19.3 Å². The number of carboxylic acids is 1. The van der Waals surface area contributed by atoms with Gasteiger partial charge in [0.1, 0.15) is 0 Å². The zero-order valence-electron chi connectivity index (χ0n) is 19.2. The molecule has 1 saturated heterocycles. The summed E-state index contributed by atoms with van der Waals surface area (Å²) in [4.78, 5) is 42.2. The van der Waals surface area contributed by atoms with Crippen LogP contribution in [0.1, 0.15) is 29.8 Å². The average molecular weight is 610 g/mol. The van der Waals surface area contributed by atoms with Crippen molar-refractivity contribution in [2.45, 2.75) is 13.8 Å². The van der Waals surface area contributed by atoms with E-state index in [2.05, 4.69) is 4.99 Å². The molecule has 1 aliphatic heterocycles. The van der Waals surface area contributed by atoms with Crippen molar-refractivity contribution < 1.29 is 33.7 Å². The van der Waals surface area contributed by atoms with Gasteiger partial charge in [0, 0.05) is 7.05 Å². The molecule has 0 aliphatic carbocycles. The summed E-state index contributed by atoms with van der Waals surface area (Å²) >= 11 is 3.24. The predicted molar refractivity (Wildman–Crippen MR) is 141 cm³/mol. The number of carboxylic acid groups (broad SMARTS) is 1. The highest BCUT2D eigenvalue weighted by Gasteiger charge is 2.30. The second-order valence-corrected chi connectivity index (χ2v) is 9.26. The molecular weight excluding hydrogens is 587 g/mol. The number of aliphatic carboxylic acids is 1. The van der Waals surface area contributed by atoms with Gasteiger partial charge >= 0.3 is 11.9 Å². The van der Waals surface area contributed by atoms with Crippen molar-refractivity contribution in [1.82, 2.24) is 4.90 Å². The van der Waals surface area contributed by atoms with E-state index in [0.717, 1.165) is 0 Å². The summed E-state index contributed by atoms with van der Waals surface area (Å²) in [7, 11) is 1.63. The maximum absolute atomic E-state index is 12.9. The van der Waals surface area contributed by atoms with Crippen LogP contribution in [0.2, 0.25) is 0 Å². The SMILES string of the molecule is CCOC(=O)c1cccc(N=C2SC(=Cc3cc(I)c(OCC(=O)O)c(OCC)c3)C(=O)N2C)c1.